The molecule has 0 spiro atoms. The zero-order chi connectivity index (χ0) is 18.5. The largest absolute Gasteiger partial charge is 0.486 e. The van der Waals surface area contributed by atoms with E-state index in [4.69, 9.17) is 21.1 Å². The van der Waals surface area contributed by atoms with Crippen LogP contribution in [0.25, 0.3) is 0 Å². The predicted octanol–water partition coefficient (Wildman–Crippen LogP) is 2.71. The van der Waals surface area contributed by atoms with Crippen molar-refractivity contribution in [2.24, 2.45) is 11.8 Å². The van der Waals surface area contributed by atoms with Gasteiger partial charge in [0.1, 0.15) is 13.2 Å². The maximum absolute atomic E-state index is 12.2. The highest BCUT2D eigenvalue weighted by atomic mass is 35.5. The van der Waals surface area contributed by atoms with Gasteiger partial charge in [-0.15, -0.1) is 12.4 Å². The van der Waals surface area contributed by atoms with Crippen molar-refractivity contribution in [3.05, 3.63) is 22.7 Å². The average molecular weight is 419 g/mol. The van der Waals surface area contributed by atoms with Crippen LogP contribution in [-0.2, 0) is 4.79 Å². The summed E-state index contributed by atoms with van der Waals surface area (Å²) < 4.78 is 11.0. The Labute approximate surface area is 171 Å². The Hall–Kier alpha value is -1.21. The number of hydrogen-bond acceptors (Lipinski definition) is 5. The number of aliphatic hydroxyl groups excluding tert-OH is 1. The van der Waals surface area contributed by atoms with E-state index in [9.17, 15) is 9.90 Å². The summed E-state index contributed by atoms with van der Waals surface area (Å²) in [6.45, 7) is 5.24. The molecule has 3 rings (SSSR count). The van der Waals surface area contributed by atoms with Crippen LogP contribution in [0.15, 0.2) is 12.1 Å². The average Bonchev–Trinajstić information content (AvgIpc) is 2.66. The molecule has 6 nitrogen and oxygen atoms in total. The van der Waals surface area contributed by atoms with Gasteiger partial charge in [-0.1, -0.05) is 18.5 Å². The van der Waals surface area contributed by atoms with Crippen LogP contribution in [-0.4, -0.2) is 43.9 Å². The molecule has 3 N–H and O–H groups in total. The topological polar surface area (TPSA) is 79.8 Å². The summed E-state index contributed by atoms with van der Waals surface area (Å²) in [6.07, 6.45) is 1.88. The Morgan fingerprint density at radius 2 is 2.04 bits per heavy atom. The molecule has 0 bridgehead atoms. The molecule has 0 aliphatic carbocycles. The summed E-state index contributed by atoms with van der Waals surface area (Å²) in [6, 6.07) is 3.37. The molecule has 0 aromatic heterocycles. The van der Waals surface area contributed by atoms with E-state index in [1.807, 2.05) is 0 Å². The molecule has 2 unspecified atom stereocenters. The van der Waals surface area contributed by atoms with Crippen molar-refractivity contribution in [1.82, 2.24) is 10.6 Å². The molecule has 1 fully saturated rings. The van der Waals surface area contributed by atoms with Crippen LogP contribution in [0.2, 0.25) is 5.02 Å². The second kappa shape index (κ2) is 10.4. The highest BCUT2D eigenvalue weighted by Crippen LogP contribution is 2.39. The molecule has 1 amide bonds. The molecule has 0 saturated carbocycles. The number of halogens is 2. The van der Waals surface area contributed by atoms with Gasteiger partial charge in [0.05, 0.1) is 11.1 Å². The third-order valence-electron chi connectivity index (χ3n) is 5.19. The first-order chi connectivity index (χ1) is 12.5. The molecule has 1 aromatic rings. The Morgan fingerprint density at radius 3 is 2.78 bits per heavy atom. The first-order valence-corrected chi connectivity index (χ1v) is 9.67. The number of benzene rings is 1. The molecular weight excluding hydrogens is 391 g/mol. The van der Waals surface area contributed by atoms with Crippen LogP contribution in [0.5, 0.6) is 11.5 Å². The van der Waals surface area contributed by atoms with Gasteiger partial charge in [0.2, 0.25) is 5.91 Å². The van der Waals surface area contributed by atoms with E-state index >= 15 is 0 Å². The lowest BCUT2D eigenvalue weighted by Crippen LogP contribution is -2.34. The van der Waals surface area contributed by atoms with E-state index in [1.54, 1.807) is 12.1 Å². The number of carbonyl (C=O) groups is 1. The number of nitrogens with one attached hydrogen (secondary N) is 2. The molecule has 1 saturated heterocycles. The number of fused-ring (bicyclic) bond motifs is 1. The SMILES string of the molecule is CC(CC(=O)NCC(O)c1cc(Cl)c2c(c1)OCCO2)C1CCNCC1.Cl. The van der Waals surface area contributed by atoms with Gasteiger partial charge in [0.25, 0.3) is 0 Å². The standard InChI is InChI=1S/C19H27ClN2O4.ClH/c1-12(13-2-4-21-5-3-13)8-18(24)22-11-16(23)14-9-15(20)19-17(10-14)25-6-7-26-19;/h9-10,12-13,16,21,23H,2-8,11H2,1H3,(H,22,24);1H. The lowest BCUT2D eigenvalue weighted by Gasteiger charge is -2.28. The minimum Gasteiger partial charge on any atom is -0.486 e. The van der Waals surface area contributed by atoms with E-state index in [0.717, 1.165) is 25.9 Å². The van der Waals surface area contributed by atoms with Crippen molar-refractivity contribution < 1.29 is 19.4 Å². The fraction of sp³-hybridized carbons (Fsp3) is 0.632. The summed E-state index contributed by atoms with van der Waals surface area (Å²) in [5, 5.41) is 17.0. The molecule has 2 aliphatic rings. The van der Waals surface area contributed by atoms with Gasteiger partial charge >= 0.3 is 0 Å². The Bertz CT molecular complexity index is 638. The van der Waals surface area contributed by atoms with Gasteiger partial charge in [-0.25, -0.2) is 0 Å². The second-order valence-electron chi connectivity index (χ2n) is 7.12. The fourth-order valence-corrected chi connectivity index (χ4v) is 3.87. The van der Waals surface area contributed by atoms with Crippen molar-refractivity contribution in [2.45, 2.75) is 32.3 Å². The van der Waals surface area contributed by atoms with Gasteiger partial charge in [-0.05, 0) is 55.5 Å². The summed E-state index contributed by atoms with van der Waals surface area (Å²) in [4.78, 5) is 12.2. The highest BCUT2D eigenvalue weighted by Gasteiger charge is 2.23. The maximum Gasteiger partial charge on any atom is 0.220 e. The Morgan fingerprint density at radius 1 is 1.33 bits per heavy atom. The quantitative estimate of drug-likeness (QED) is 0.661. The zero-order valence-corrected chi connectivity index (χ0v) is 17.1. The third-order valence-corrected chi connectivity index (χ3v) is 5.47. The minimum atomic E-state index is -0.846. The lowest BCUT2D eigenvalue weighted by molar-refractivity contribution is -0.122. The van der Waals surface area contributed by atoms with Gasteiger partial charge in [-0.3, -0.25) is 4.79 Å². The van der Waals surface area contributed by atoms with Crippen molar-refractivity contribution in [3.63, 3.8) is 0 Å². The second-order valence-corrected chi connectivity index (χ2v) is 7.52. The maximum atomic E-state index is 12.2. The van der Waals surface area contributed by atoms with Crippen LogP contribution < -0.4 is 20.1 Å². The van der Waals surface area contributed by atoms with E-state index in [-0.39, 0.29) is 24.9 Å². The summed E-state index contributed by atoms with van der Waals surface area (Å²) in [5.74, 6) is 1.94. The zero-order valence-electron chi connectivity index (χ0n) is 15.5. The number of hydrogen-bond donors (Lipinski definition) is 3. The molecule has 0 radical (unpaired) electrons. The van der Waals surface area contributed by atoms with Crippen LogP contribution in [0, 0.1) is 11.8 Å². The summed E-state index contributed by atoms with van der Waals surface area (Å²) in [5.41, 5.74) is 0.603. The van der Waals surface area contributed by atoms with Gasteiger partial charge in [0, 0.05) is 13.0 Å². The molecule has 2 heterocycles. The van der Waals surface area contributed by atoms with Crippen LogP contribution >= 0.6 is 24.0 Å². The van der Waals surface area contributed by atoms with Crippen LogP contribution in [0.1, 0.15) is 37.9 Å². The molecule has 2 atom stereocenters. The molecule has 8 heteroatoms. The van der Waals surface area contributed by atoms with Crippen molar-refractivity contribution in [2.75, 3.05) is 32.8 Å². The molecule has 152 valence electrons. The third kappa shape index (κ3) is 5.88. The molecule has 27 heavy (non-hydrogen) atoms. The number of ether oxygens (including phenoxy) is 2. The normalized spacial score (nSPS) is 18.9. The van der Waals surface area contributed by atoms with Crippen molar-refractivity contribution in [3.8, 4) is 11.5 Å². The monoisotopic (exact) mass is 418 g/mol. The van der Waals surface area contributed by atoms with Crippen molar-refractivity contribution >= 4 is 29.9 Å². The summed E-state index contributed by atoms with van der Waals surface area (Å²) >= 11 is 6.20. The van der Waals surface area contributed by atoms with Crippen LogP contribution in [0.3, 0.4) is 0 Å². The van der Waals surface area contributed by atoms with Gasteiger partial charge < -0.3 is 25.2 Å². The molecule has 1 aromatic carbocycles. The highest BCUT2D eigenvalue weighted by molar-refractivity contribution is 6.32. The first-order valence-electron chi connectivity index (χ1n) is 9.29. The lowest BCUT2D eigenvalue weighted by atomic mass is 9.84. The van der Waals surface area contributed by atoms with Gasteiger partial charge in [-0.2, -0.15) is 0 Å². The van der Waals surface area contributed by atoms with E-state index in [2.05, 4.69) is 17.6 Å². The number of carbonyl (C=O) groups excluding carboxylic acids is 1. The van der Waals surface area contributed by atoms with E-state index in [1.165, 1.54) is 0 Å². The van der Waals surface area contributed by atoms with E-state index < -0.39 is 6.10 Å². The molecule has 2 aliphatic heterocycles. The number of piperidine rings is 1. The smallest absolute Gasteiger partial charge is 0.220 e. The van der Waals surface area contributed by atoms with Crippen molar-refractivity contribution in [1.29, 1.82) is 0 Å². The van der Waals surface area contributed by atoms with Gasteiger partial charge in [0.15, 0.2) is 11.5 Å². The Kier molecular flexibility index (Phi) is 8.48. The predicted molar refractivity (Wildman–Crippen MR) is 107 cm³/mol. The van der Waals surface area contributed by atoms with E-state index in [0.29, 0.717) is 53.6 Å². The summed E-state index contributed by atoms with van der Waals surface area (Å²) in [7, 11) is 0. The first kappa shape index (κ1) is 22.1. The number of aliphatic hydroxyl groups is 1. The number of amides is 1. The fourth-order valence-electron chi connectivity index (χ4n) is 3.60. The number of rotatable bonds is 6. The molecular formula is C19H28Cl2N2O4. The van der Waals surface area contributed by atoms with Crippen LogP contribution in [0.4, 0.5) is 0 Å². The Balaban J connectivity index is 0.00000261. The minimum absolute atomic E-state index is 0.